The fourth-order valence-corrected chi connectivity index (χ4v) is 2.44. The fourth-order valence-electron chi connectivity index (χ4n) is 2.44. The highest BCUT2D eigenvalue weighted by molar-refractivity contribution is 5.55. The Balaban J connectivity index is 2.35. The molecule has 0 amide bonds. The Morgan fingerprint density at radius 3 is 2.29 bits per heavy atom. The van der Waals surface area contributed by atoms with Gasteiger partial charge in [-0.25, -0.2) is 9.97 Å². The molecule has 2 heterocycles. The summed E-state index contributed by atoms with van der Waals surface area (Å²) in [5.74, 6) is 0.724. The van der Waals surface area contributed by atoms with Gasteiger partial charge in [0.2, 0.25) is 0 Å². The zero-order valence-electron chi connectivity index (χ0n) is 13.6. The number of nitrogens with zero attached hydrogens (tertiary/aromatic N) is 3. The van der Waals surface area contributed by atoms with E-state index in [2.05, 4.69) is 40.2 Å². The lowest BCUT2D eigenvalue weighted by atomic mass is 10.1. The van der Waals surface area contributed by atoms with E-state index in [1.54, 1.807) is 0 Å². The number of rotatable bonds is 5. The van der Waals surface area contributed by atoms with E-state index in [4.69, 9.17) is 0 Å². The molecule has 0 aliphatic heterocycles. The van der Waals surface area contributed by atoms with E-state index in [9.17, 15) is 0 Å². The van der Waals surface area contributed by atoms with Crippen molar-refractivity contribution in [1.82, 2.24) is 20.3 Å². The Bertz CT molecular complexity index is 612. The van der Waals surface area contributed by atoms with Crippen LogP contribution >= 0.6 is 0 Å². The van der Waals surface area contributed by atoms with Crippen LogP contribution in [0.15, 0.2) is 12.3 Å². The van der Waals surface area contributed by atoms with E-state index in [1.807, 2.05) is 27.0 Å². The first kappa shape index (κ1) is 15.6. The van der Waals surface area contributed by atoms with Crippen LogP contribution < -0.4 is 5.32 Å². The number of aromatic nitrogens is 3. The summed E-state index contributed by atoms with van der Waals surface area (Å²) in [5.41, 5.74) is 6.40. The van der Waals surface area contributed by atoms with Crippen molar-refractivity contribution in [3.05, 3.63) is 40.3 Å². The summed E-state index contributed by atoms with van der Waals surface area (Å²) in [4.78, 5) is 13.8. The Hall–Kier alpha value is -1.81. The second-order valence-electron chi connectivity index (χ2n) is 5.55. The fraction of sp³-hybridized carbons (Fsp3) is 0.471. The molecule has 0 bridgehead atoms. The molecule has 0 spiro atoms. The summed E-state index contributed by atoms with van der Waals surface area (Å²) in [6, 6.07) is 2.12. The molecule has 21 heavy (non-hydrogen) atoms. The number of nitrogens with one attached hydrogen (secondary N) is 1. The van der Waals surface area contributed by atoms with Crippen molar-refractivity contribution >= 4 is 0 Å². The van der Waals surface area contributed by atoms with Crippen LogP contribution in [0.25, 0.3) is 11.5 Å². The van der Waals surface area contributed by atoms with Gasteiger partial charge in [0, 0.05) is 29.7 Å². The third-order valence-electron chi connectivity index (χ3n) is 3.58. The van der Waals surface area contributed by atoms with Gasteiger partial charge in [-0.2, -0.15) is 0 Å². The molecule has 0 saturated heterocycles. The maximum Gasteiger partial charge on any atom is 0.178 e. The van der Waals surface area contributed by atoms with Crippen LogP contribution in [0.4, 0.5) is 0 Å². The summed E-state index contributed by atoms with van der Waals surface area (Å²) < 4.78 is 0. The Morgan fingerprint density at radius 2 is 1.71 bits per heavy atom. The minimum atomic E-state index is 0.724. The average Bonchev–Trinajstić information content (AvgIpc) is 2.41. The predicted molar refractivity (Wildman–Crippen MR) is 86.2 cm³/mol. The molecular formula is C17H24N4. The molecule has 0 saturated carbocycles. The number of hydrogen-bond acceptors (Lipinski definition) is 4. The molecule has 0 radical (unpaired) electrons. The largest absolute Gasteiger partial charge is 0.313 e. The van der Waals surface area contributed by atoms with E-state index in [1.165, 1.54) is 5.56 Å². The SMILES string of the molecule is CCCNCc1c(C)nc(-c2ncc(C)cc2C)nc1C. The summed E-state index contributed by atoms with van der Waals surface area (Å²) >= 11 is 0. The third kappa shape index (κ3) is 3.64. The van der Waals surface area contributed by atoms with Crippen molar-refractivity contribution in [2.24, 2.45) is 0 Å². The molecule has 4 heteroatoms. The number of pyridine rings is 1. The van der Waals surface area contributed by atoms with Crippen molar-refractivity contribution in [2.45, 2.75) is 47.6 Å². The van der Waals surface area contributed by atoms with E-state index in [-0.39, 0.29) is 0 Å². The van der Waals surface area contributed by atoms with Gasteiger partial charge in [0.1, 0.15) is 5.69 Å². The molecule has 0 unspecified atom stereocenters. The predicted octanol–water partition coefficient (Wildman–Crippen LogP) is 3.27. The molecule has 0 aliphatic carbocycles. The maximum absolute atomic E-state index is 4.66. The van der Waals surface area contributed by atoms with Crippen LogP contribution in [0.5, 0.6) is 0 Å². The lowest BCUT2D eigenvalue weighted by Crippen LogP contribution is -2.17. The minimum absolute atomic E-state index is 0.724. The van der Waals surface area contributed by atoms with E-state index >= 15 is 0 Å². The zero-order chi connectivity index (χ0) is 15.4. The average molecular weight is 284 g/mol. The summed E-state index contributed by atoms with van der Waals surface area (Å²) in [6.07, 6.45) is 3.00. The second-order valence-corrected chi connectivity index (χ2v) is 5.55. The van der Waals surface area contributed by atoms with Gasteiger partial charge in [0.25, 0.3) is 0 Å². The van der Waals surface area contributed by atoms with Gasteiger partial charge in [-0.1, -0.05) is 13.0 Å². The Labute approximate surface area is 127 Å². The second kappa shape index (κ2) is 6.76. The Morgan fingerprint density at radius 1 is 1.05 bits per heavy atom. The monoisotopic (exact) mass is 284 g/mol. The first-order valence-corrected chi connectivity index (χ1v) is 7.51. The first-order valence-electron chi connectivity index (χ1n) is 7.51. The topological polar surface area (TPSA) is 50.7 Å². The molecule has 4 nitrogen and oxygen atoms in total. The van der Waals surface area contributed by atoms with Gasteiger partial charge in [-0.3, -0.25) is 4.98 Å². The highest BCUT2D eigenvalue weighted by Gasteiger charge is 2.12. The van der Waals surface area contributed by atoms with Crippen molar-refractivity contribution < 1.29 is 0 Å². The van der Waals surface area contributed by atoms with Crippen molar-refractivity contribution in [3.63, 3.8) is 0 Å². The van der Waals surface area contributed by atoms with E-state index in [0.29, 0.717) is 0 Å². The minimum Gasteiger partial charge on any atom is -0.313 e. The summed E-state index contributed by atoms with van der Waals surface area (Å²) in [7, 11) is 0. The number of aryl methyl sites for hydroxylation is 4. The molecule has 2 rings (SSSR count). The summed E-state index contributed by atoms with van der Waals surface area (Å²) in [5, 5.41) is 3.42. The molecule has 2 aromatic rings. The maximum atomic E-state index is 4.66. The van der Waals surface area contributed by atoms with Crippen LogP contribution in [0.2, 0.25) is 0 Å². The van der Waals surface area contributed by atoms with E-state index in [0.717, 1.165) is 53.5 Å². The van der Waals surface area contributed by atoms with Crippen LogP contribution in [-0.2, 0) is 6.54 Å². The molecule has 0 aliphatic rings. The molecule has 112 valence electrons. The molecule has 0 aromatic carbocycles. The van der Waals surface area contributed by atoms with Crippen molar-refractivity contribution in [2.75, 3.05) is 6.54 Å². The molecule has 1 N–H and O–H groups in total. The lowest BCUT2D eigenvalue weighted by molar-refractivity contribution is 0.665. The lowest BCUT2D eigenvalue weighted by Gasteiger charge is -2.12. The smallest absolute Gasteiger partial charge is 0.178 e. The van der Waals surface area contributed by atoms with Crippen LogP contribution in [0, 0.1) is 27.7 Å². The van der Waals surface area contributed by atoms with Gasteiger partial charge < -0.3 is 5.32 Å². The van der Waals surface area contributed by atoms with Gasteiger partial charge in [-0.05, 0) is 51.8 Å². The van der Waals surface area contributed by atoms with Gasteiger partial charge in [-0.15, -0.1) is 0 Å². The summed E-state index contributed by atoms with van der Waals surface area (Å²) in [6.45, 7) is 12.2. The molecule has 0 atom stereocenters. The standard InChI is InChI=1S/C17H24N4/c1-6-7-18-10-15-13(4)20-17(21-14(15)5)16-12(3)8-11(2)9-19-16/h8-9,18H,6-7,10H2,1-5H3. The third-order valence-corrected chi connectivity index (χ3v) is 3.58. The van der Waals surface area contributed by atoms with Crippen molar-refractivity contribution in [3.8, 4) is 11.5 Å². The quantitative estimate of drug-likeness (QED) is 0.856. The molecule has 2 aromatic heterocycles. The molecule has 0 fully saturated rings. The van der Waals surface area contributed by atoms with Gasteiger partial charge in [0.15, 0.2) is 5.82 Å². The van der Waals surface area contributed by atoms with Gasteiger partial charge in [0.05, 0.1) is 0 Å². The normalized spacial score (nSPS) is 10.9. The van der Waals surface area contributed by atoms with Crippen LogP contribution in [0.1, 0.15) is 41.4 Å². The highest BCUT2D eigenvalue weighted by Crippen LogP contribution is 2.20. The van der Waals surface area contributed by atoms with E-state index < -0.39 is 0 Å². The number of hydrogen-bond donors (Lipinski definition) is 1. The zero-order valence-corrected chi connectivity index (χ0v) is 13.6. The van der Waals surface area contributed by atoms with Crippen molar-refractivity contribution in [1.29, 1.82) is 0 Å². The molecular weight excluding hydrogens is 260 g/mol. The first-order chi connectivity index (χ1) is 10.0. The van der Waals surface area contributed by atoms with Gasteiger partial charge >= 0.3 is 0 Å². The highest BCUT2D eigenvalue weighted by atomic mass is 14.9. The Kier molecular flexibility index (Phi) is 5.02. The van der Waals surface area contributed by atoms with Crippen LogP contribution in [-0.4, -0.2) is 21.5 Å². The van der Waals surface area contributed by atoms with Crippen LogP contribution in [0.3, 0.4) is 0 Å².